The van der Waals surface area contributed by atoms with Crippen molar-refractivity contribution in [1.82, 2.24) is 24.3 Å². The molecular weight excluding hydrogens is 543 g/mol. The summed E-state index contributed by atoms with van der Waals surface area (Å²) >= 11 is 6.37. The molecule has 1 atom stereocenters. The zero-order chi connectivity index (χ0) is 24.1. The predicted molar refractivity (Wildman–Crippen MR) is 146 cm³/mol. The van der Waals surface area contributed by atoms with Gasteiger partial charge in [0.2, 0.25) is 0 Å². The number of nitrogens with one attached hydrogen (secondary N) is 2. The molecule has 0 unspecified atom stereocenters. The van der Waals surface area contributed by atoms with Crippen molar-refractivity contribution in [2.45, 2.75) is 38.0 Å². The van der Waals surface area contributed by atoms with Crippen LogP contribution in [0.15, 0.2) is 39.9 Å². The fraction of sp³-hybridized carbons (Fsp3) is 0.417. The Morgan fingerprint density at radius 3 is 2.57 bits per heavy atom. The van der Waals surface area contributed by atoms with E-state index in [1.54, 1.807) is 39.5 Å². The lowest BCUT2D eigenvalue weighted by molar-refractivity contribution is -0.118. The molecule has 3 aliphatic rings. The molecule has 6 rings (SSSR count). The van der Waals surface area contributed by atoms with Gasteiger partial charge in [-0.15, -0.1) is 24.8 Å². The first-order valence-corrected chi connectivity index (χ1v) is 12.2. The maximum Gasteiger partial charge on any atom is 0.263 e. The van der Waals surface area contributed by atoms with Crippen LogP contribution in [-0.2, 0) is 17.9 Å². The molecular formula is C24H27Cl3N6O4. The lowest BCUT2D eigenvalue weighted by Crippen LogP contribution is -2.44. The van der Waals surface area contributed by atoms with Crippen LogP contribution in [0.3, 0.4) is 0 Å². The summed E-state index contributed by atoms with van der Waals surface area (Å²) in [5, 5.41) is 7.66. The third kappa shape index (κ3) is 5.21. The highest BCUT2D eigenvalue weighted by atomic mass is 35.5. The molecule has 0 saturated carbocycles. The van der Waals surface area contributed by atoms with Gasteiger partial charge in [0.05, 0.1) is 16.8 Å². The number of carbonyl (C=O) groups excluding carboxylic acids is 1. The quantitative estimate of drug-likeness (QED) is 0.485. The Kier molecular flexibility index (Phi) is 8.15. The number of piperidine rings is 1. The molecule has 1 amide bonds. The molecule has 0 aliphatic carbocycles. The average molecular weight is 570 g/mol. The van der Waals surface area contributed by atoms with Crippen molar-refractivity contribution in [3.8, 4) is 5.75 Å². The van der Waals surface area contributed by atoms with Gasteiger partial charge in [-0.3, -0.25) is 23.5 Å². The van der Waals surface area contributed by atoms with Crippen LogP contribution in [0.4, 0.5) is 5.82 Å². The van der Waals surface area contributed by atoms with Crippen LogP contribution in [0, 0.1) is 0 Å². The van der Waals surface area contributed by atoms with E-state index in [4.69, 9.17) is 16.3 Å². The minimum Gasteiger partial charge on any atom is -0.480 e. The van der Waals surface area contributed by atoms with Gasteiger partial charge in [0.25, 0.3) is 17.0 Å². The molecule has 0 spiro atoms. The molecule has 0 radical (unpaired) electrons. The second-order valence-electron chi connectivity index (χ2n) is 9.31. The molecule has 198 valence electrons. The average Bonchev–Trinajstić information content (AvgIpc) is 3.24. The normalized spacial score (nSPS) is 18.9. The molecule has 6 heterocycles. The summed E-state index contributed by atoms with van der Waals surface area (Å²) in [7, 11) is 0. The van der Waals surface area contributed by atoms with Gasteiger partial charge in [0, 0.05) is 49.3 Å². The first-order valence-electron chi connectivity index (χ1n) is 11.8. The number of ether oxygens (including phenoxy) is 1. The summed E-state index contributed by atoms with van der Waals surface area (Å²) in [6, 6.07) is 8.67. The molecule has 1 saturated heterocycles. The standard InChI is InChI=1S/C24H25ClN6O4.2ClH/c25-17-9-19-23(28-20(32)13-35-19)27-18(17)10-26-15-5-7-29(8-6-15)11-16-12-30-21(33)3-1-14-2-4-22(34)31(16)24(14)30;;/h1-4,9,15-16,26H,5-8,10-13H2,(H,27,28,32);2*1H/t16-;;/m1../s1. The Morgan fingerprint density at radius 2 is 1.81 bits per heavy atom. The number of amides is 1. The molecule has 37 heavy (non-hydrogen) atoms. The number of hydrogen-bond acceptors (Lipinski definition) is 7. The van der Waals surface area contributed by atoms with E-state index in [0.29, 0.717) is 41.4 Å². The van der Waals surface area contributed by atoms with Crippen molar-refractivity contribution < 1.29 is 9.53 Å². The number of aromatic nitrogens is 3. The summed E-state index contributed by atoms with van der Waals surface area (Å²) in [5.74, 6) is 0.657. The number of pyridine rings is 3. The zero-order valence-electron chi connectivity index (χ0n) is 19.8. The Balaban J connectivity index is 0.00000160. The van der Waals surface area contributed by atoms with Crippen LogP contribution in [0.5, 0.6) is 5.75 Å². The number of nitrogens with zero attached hydrogens (tertiary/aromatic N) is 4. The van der Waals surface area contributed by atoms with E-state index in [1.807, 2.05) is 0 Å². The van der Waals surface area contributed by atoms with Gasteiger partial charge in [0.15, 0.2) is 18.2 Å². The second kappa shape index (κ2) is 11.0. The minimum atomic E-state index is -0.229. The van der Waals surface area contributed by atoms with Crippen LogP contribution < -0.4 is 26.5 Å². The van der Waals surface area contributed by atoms with Crippen LogP contribution in [0.2, 0.25) is 5.02 Å². The van der Waals surface area contributed by atoms with E-state index in [0.717, 1.165) is 43.5 Å². The fourth-order valence-electron chi connectivity index (χ4n) is 5.30. The van der Waals surface area contributed by atoms with Gasteiger partial charge in [-0.05, 0) is 38.1 Å². The summed E-state index contributed by atoms with van der Waals surface area (Å²) < 4.78 is 8.87. The van der Waals surface area contributed by atoms with Crippen LogP contribution in [0.1, 0.15) is 24.6 Å². The van der Waals surface area contributed by atoms with E-state index in [-0.39, 0.29) is 54.5 Å². The highest BCUT2D eigenvalue weighted by Crippen LogP contribution is 2.31. The van der Waals surface area contributed by atoms with Crippen molar-refractivity contribution in [2.24, 2.45) is 0 Å². The molecule has 0 aromatic carbocycles. The molecule has 13 heteroatoms. The van der Waals surface area contributed by atoms with E-state index in [1.165, 1.54) is 0 Å². The van der Waals surface area contributed by atoms with Crippen LogP contribution in [-0.4, -0.2) is 57.2 Å². The number of halogens is 3. The Hall–Kier alpha value is -2.63. The molecule has 3 aliphatic heterocycles. The van der Waals surface area contributed by atoms with Gasteiger partial charge < -0.3 is 20.3 Å². The Bertz CT molecular complexity index is 1450. The van der Waals surface area contributed by atoms with E-state index >= 15 is 0 Å². The highest BCUT2D eigenvalue weighted by molar-refractivity contribution is 6.31. The van der Waals surface area contributed by atoms with E-state index in [2.05, 4.69) is 20.5 Å². The van der Waals surface area contributed by atoms with Crippen molar-refractivity contribution in [2.75, 3.05) is 31.6 Å². The highest BCUT2D eigenvalue weighted by Gasteiger charge is 2.29. The lowest BCUT2D eigenvalue weighted by atomic mass is 10.0. The monoisotopic (exact) mass is 568 g/mol. The number of hydrogen-bond donors (Lipinski definition) is 2. The first-order chi connectivity index (χ1) is 17.0. The van der Waals surface area contributed by atoms with E-state index in [9.17, 15) is 14.4 Å². The van der Waals surface area contributed by atoms with E-state index < -0.39 is 0 Å². The molecule has 2 N–H and O–H groups in total. The van der Waals surface area contributed by atoms with Crippen molar-refractivity contribution in [3.05, 3.63) is 61.8 Å². The molecule has 1 fully saturated rings. The summed E-state index contributed by atoms with van der Waals surface area (Å²) in [4.78, 5) is 43.4. The molecule has 3 aromatic heterocycles. The third-order valence-electron chi connectivity index (χ3n) is 7.06. The molecule has 0 bridgehead atoms. The van der Waals surface area contributed by atoms with Gasteiger partial charge in [0.1, 0.15) is 5.65 Å². The molecule has 10 nitrogen and oxygen atoms in total. The number of carbonyl (C=O) groups is 1. The first kappa shape index (κ1) is 27.4. The Morgan fingerprint density at radius 1 is 1.08 bits per heavy atom. The Labute approximate surface area is 229 Å². The minimum absolute atomic E-state index is 0. The van der Waals surface area contributed by atoms with Crippen LogP contribution >= 0.6 is 36.4 Å². The SMILES string of the molecule is Cl.Cl.O=C1COc2cc(Cl)c(CNC3CCN(C[C@@H]4Cn5c(=O)ccc6ccc(=O)n4c65)CC3)nc2N1. The second-order valence-corrected chi connectivity index (χ2v) is 9.72. The largest absolute Gasteiger partial charge is 0.480 e. The number of rotatable bonds is 5. The number of fused-ring (bicyclic) bond motifs is 1. The third-order valence-corrected chi connectivity index (χ3v) is 7.39. The van der Waals surface area contributed by atoms with Crippen LogP contribution in [0.25, 0.3) is 11.0 Å². The summed E-state index contributed by atoms with van der Waals surface area (Å²) in [6.45, 7) is 3.49. The number of anilines is 1. The topological polar surface area (TPSA) is 110 Å². The van der Waals surface area contributed by atoms with Crippen molar-refractivity contribution in [3.63, 3.8) is 0 Å². The van der Waals surface area contributed by atoms with Gasteiger partial charge in [-0.25, -0.2) is 4.98 Å². The smallest absolute Gasteiger partial charge is 0.263 e. The van der Waals surface area contributed by atoms with Crippen molar-refractivity contribution in [1.29, 1.82) is 0 Å². The van der Waals surface area contributed by atoms with Crippen molar-refractivity contribution >= 4 is 59.2 Å². The maximum atomic E-state index is 12.6. The molecule has 3 aromatic rings. The maximum absolute atomic E-state index is 12.6. The predicted octanol–water partition coefficient (Wildman–Crippen LogP) is 2.19. The lowest BCUT2D eigenvalue weighted by Gasteiger charge is -2.34. The number of likely N-dealkylation sites (tertiary alicyclic amines) is 1. The van der Waals surface area contributed by atoms with Gasteiger partial charge in [-0.2, -0.15) is 0 Å². The summed E-state index contributed by atoms with van der Waals surface area (Å²) in [6.07, 6.45) is 1.89. The van der Waals surface area contributed by atoms with Gasteiger partial charge in [-0.1, -0.05) is 11.6 Å². The fourth-order valence-corrected chi connectivity index (χ4v) is 5.50. The summed E-state index contributed by atoms with van der Waals surface area (Å²) in [5.41, 5.74) is 1.26. The zero-order valence-corrected chi connectivity index (χ0v) is 22.2. The van der Waals surface area contributed by atoms with Gasteiger partial charge >= 0.3 is 0 Å².